The molecule has 0 aliphatic carbocycles. The summed E-state index contributed by atoms with van der Waals surface area (Å²) in [5.41, 5.74) is 6.30. The summed E-state index contributed by atoms with van der Waals surface area (Å²) in [6.07, 6.45) is 3.03. The van der Waals surface area contributed by atoms with Crippen LogP contribution in [0, 0.1) is 5.92 Å². The molecule has 0 fully saturated rings. The second-order valence-electron chi connectivity index (χ2n) is 7.78. The van der Waals surface area contributed by atoms with Crippen molar-refractivity contribution in [3.05, 3.63) is 57.8 Å². The van der Waals surface area contributed by atoms with Crippen LogP contribution in [0.1, 0.15) is 13.8 Å². The summed E-state index contributed by atoms with van der Waals surface area (Å²) >= 11 is 0. The van der Waals surface area contributed by atoms with E-state index in [2.05, 4.69) is 20.4 Å². The maximum absolute atomic E-state index is 13.1. The lowest BCUT2D eigenvalue weighted by Crippen LogP contribution is -2.44. The molecular formula is C21H28N8O4. The first-order valence-electron chi connectivity index (χ1n) is 10.4. The van der Waals surface area contributed by atoms with Gasteiger partial charge in [-0.05, 0) is 30.2 Å². The number of nitrogens with zero attached hydrogens (tertiary/aromatic N) is 5. The molecule has 0 radical (unpaired) electrons. The lowest BCUT2D eigenvalue weighted by Gasteiger charge is -2.25. The molecule has 2 heterocycles. The van der Waals surface area contributed by atoms with Crippen LogP contribution in [0.25, 0.3) is 5.69 Å². The molecule has 1 amide bonds. The van der Waals surface area contributed by atoms with E-state index in [0.717, 1.165) is 5.69 Å². The third-order valence-corrected chi connectivity index (χ3v) is 4.85. The van der Waals surface area contributed by atoms with Crippen molar-refractivity contribution in [1.82, 2.24) is 24.3 Å². The number of benzene rings is 1. The van der Waals surface area contributed by atoms with Crippen molar-refractivity contribution in [2.45, 2.75) is 20.4 Å². The van der Waals surface area contributed by atoms with Gasteiger partial charge < -0.3 is 20.7 Å². The minimum absolute atomic E-state index is 0.0564. The monoisotopic (exact) mass is 456 g/mol. The van der Waals surface area contributed by atoms with Crippen LogP contribution in [-0.4, -0.2) is 57.0 Å². The largest absolute Gasteiger partial charge is 0.383 e. The highest BCUT2D eigenvalue weighted by atomic mass is 16.5. The zero-order chi connectivity index (χ0) is 24.0. The zero-order valence-corrected chi connectivity index (χ0v) is 18.8. The fourth-order valence-electron chi connectivity index (χ4n) is 3.28. The van der Waals surface area contributed by atoms with Gasteiger partial charge >= 0.3 is 5.69 Å². The van der Waals surface area contributed by atoms with Crippen LogP contribution < -0.4 is 27.2 Å². The molecule has 12 heteroatoms. The number of methoxy groups -OCH3 is 1. The number of H-pyrrole nitrogens is 1. The first-order valence-corrected chi connectivity index (χ1v) is 10.4. The van der Waals surface area contributed by atoms with Crippen LogP contribution in [0.4, 0.5) is 17.2 Å². The fraction of sp³-hybridized carbons (Fsp3) is 0.381. The van der Waals surface area contributed by atoms with Crippen LogP contribution >= 0.6 is 0 Å². The number of hydrogen-bond acceptors (Lipinski definition) is 8. The fourth-order valence-corrected chi connectivity index (χ4v) is 3.28. The molecule has 2 aromatic heterocycles. The van der Waals surface area contributed by atoms with Gasteiger partial charge in [0.2, 0.25) is 5.91 Å². The van der Waals surface area contributed by atoms with E-state index in [-0.39, 0.29) is 37.1 Å². The number of carbonyl (C=O) groups is 1. The molecule has 3 rings (SSSR count). The number of rotatable bonds is 10. The quantitative estimate of drug-likeness (QED) is 0.397. The van der Waals surface area contributed by atoms with Crippen LogP contribution in [0.15, 0.2) is 46.5 Å². The molecule has 1 aromatic carbocycles. The second kappa shape index (κ2) is 10.6. The van der Waals surface area contributed by atoms with Gasteiger partial charge in [0.1, 0.15) is 18.5 Å². The van der Waals surface area contributed by atoms with E-state index in [9.17, 15) is 14.4 Å². The third-order valence-electron chi connectivity index (χ3n) is 4.85. The smallest absolute Gasteiger partial charge is 0.330 e. The molecule has 0 unspecified atom stereocenters. The minimum atomic E-state index is -0.723. The highest BCUT2D eigenvalue weighted by Crippen LogP contribution is 2.18. The number of nitrogen functional groups attached to an aromatic ring is 1. The van der Waals surface area contributed by atoms with E-state index >= 15 is 0 Å². The van der Waals surface area contributed by atoms with E-state index in [0.29, 0.717) is 12.2 Å². The Morgan fingerprint density at radius 3 is 2.61 bits per heavy atom. The average Bonchev–Trinajstić information content (AvgIpc) is 3.32. The molecule has 0 aliphatic heterocycles. The van der Waals surface area contributed by atoms with Crippen molar-refractivity contribution < 1.29 is 9.53 Å². The average molecular weight is 457 g/mol. The van der Waals surface area contributed by atoms with Crippen LogP contribution in [0.3, 0.4) is 0 Å². The molecule has 0 saturated heterocycles. The van der Waals surface area contributed by atoms with Gasteiger partial charge in [-0.2, -0.15) is 5.10 Å². The molecule has 4 N–H and O–H groups in total. The maximum atomic E-state index is 13.1. The highest BCUT2D eigenvalue weighted by Gasteiger charge is 2.24. The number of hydrogen-bond donors (Lipinski definition) is 3. The summed E-state index contributed by atoms with van der Waals surface area (Å²) in [6, 6.07) is 7.25. The van der Waals surface area contributed by atoms with E-state index in [1.54, 1.807) is 23.1 Å². The molecule has 33 heavy (non-hydrogen) atoms. The van der Waals surface area contributed by atoms with Crippen molar-refractivity contribution in [1.29, 1.82) is 0 Å². The number of ether oxygens (including phenoxy) is 1. The summed E-state index contributed by atoms with van der Waals surface area (Å²) in [7, 11) is 1.49. The number of nitrogens with one attached hydrogen (secondary N) is 2. The number of anilines is 3. The van der Waals surface area contributed by atoms with Crippen molar-refractivity contribution in [3.8, 4) is 5.69 Å². The topological polar surface area (TPSA) is 153 Å². The summed E-state index contributed by atoms with van der Waals surface area (Å²) < 4.78 is 7.99. The number of nitrogens with two attached hydrogens (primary N) is 1. The summed E-state index contributed by atoms with van der Waals surface area (Å²) in [4.78, 5) is 45.4. The standard InChI is InChI=1S/C21H28N8O4/c1-14(2)11-28-19(22)18(20(31)26-21(28)32)27(8-9-33-3)17(30)10-24-15-4-6-16(7-5-15)29-13-23-12-25-29/h4-7,12-14,24H,8-11,22H2,1-3H3,(H,26,31,32). The molecular weight excluding hydrogens is 428 g/mol. The van der Waals surface area contributed by atoms with Crippen molar-refractivity contribution >= 4 is 23.1 Å². The molecule has 0 atom stereocenters. The molecule has 0 aliphatic rings. The molecule has 0 bridgehead atoms. The van der Waals surface area contributed by atoms with Crippen molar-refractivity contribution in [2.24, 2.45) is 5.92 Å². The minimum Gasteiger partial charge on any atom is -0.383 e. The second-order valence-corrected chi connectivity index (χ2v) is 7.78. The van der Waals surface area contributed by atoms with E-state index < -0.39 is 17.2 Å². The summed E-state index contributed by atoms with van der Waals surface area (Å²) in [5.74, 6) is -0.354. The summed E-state index contributed by atoms with van der Waals surface area (Å²) in [6.45, 7) is 4.31. The Balaban J connectivity index is 1.82. The molecule has 0 saturated carbocycles. The normalized spacial score (nSPS) is 11.0. The Morgan fingerprint density at radius 1 is 1.27 bits per heavy atom. The first kappa shape index (κ1) is 23.7. The van der Waals surface area contributed by atoms with Gasteiger partial charge in [-0.1, -0.05) is 13.8 Å². The van der Waals surface area contributed by atoms with E-state index in [1.165, 1.54) is 22.9 Å². The van der Waals surface area contributed by atoms with Crippen LogP contribution in [-0.2, 0) is 16.1 Å². The molecule has 3 aromatic rings. The molecule has 12 nitrogen and oxygen atoms in total. The van der Waals surface area contributed by atoms with Gasteiger partial charge in [-0.15, -0.1) is 0 Å². The number of carbonyl (C=O) groups excluding carboxylic acids is 1. The zero-order valence-electron chi connectivity index (χ0n) is 18.8. The number of aromatic nitrogens is 5. The Labute approximate surface area is 190 Å². The Morgan fingerprint density at radius 2 is 2.00 bits per heavy atom. The van der Waals surface area contributed by atoms with Crippen LogP contribution in [0.2, 0.25) is 0 Å². The predicted octanol–water partition coefficient (Wildman–Crippen LogP) is 0.447. The Kier molecular flexibility index (Phi) is 7.61. The predicted molar refractivity (Wildman–Crippen MR) is 125 cm³/mol. The number of aromatic amines is 1. The third kappa shape index (κ3) is 5.66. The maximum Gasteiger partial charge on any atom is 0.330 e. The lowest BCUT2D eigenvalue weighted by atomic mass is 10.2. The van der Waals surface area contributed by atoms with Gasteiger partial charge in [0.15, 0.2) is 5.69 Å². The summed E-state index contributed by atoms with van der Waals surface area (Å²) in [5, 5.41) is 7.11. The van der Waals surface area contributed by atoms with Gasteiger partial charge in [-0.25, -0.2) is 14.5 Å². The Hall–Kier alpha value is -3.93. The number of amides is 1. The Bertz CT molecular complexity index is 1180. The van der Waals surface area contributed by atoms with E-state index in [4.69, 9.17) is 10.5 Å². The van der Waals surface area contributed by atoms with Gasteiger partial charge in [0.05, 0.1) is 18.8 Å². The van der Waals surface area contributed by atoms with Crippen LogP contribution in [0.5, 0.6) is 0 Å². The lowest BCUT2D eigenvalue weighted by molar-refractivity contribution is -0.117. The van der Waals surface area contributed by atoms with E-state index in [1.807, 2.05) is 26.0 Å². The van der Waals surface area contributed by atoms with Gasteiger partial charge in [-0.3, -0.25) is 19.1 Å². The molecule has 0 spiro atoms. The van der Waals surface area contributed by atoms with Crippen molar-refractivity contribution in [2.75, 3.05) is 42.8 Å². The SMILES string of the molecule is COCCN(C(=O)CNc1ccc(-n2cncn2)cc1)c1c(N)n(CC(C)C)c(=O)[nH]c1=O. The highest BCUT2D eigenvalue weighted by molar-refractivity contribution is 5.98. The van der Waals surface area contributed by atoms with Crippen molar-refractivity contribution in [3.63, 3.8) is 0 Å². The van der Waals surface area contributed by atoms with Gasteiger partial charge in [0.25, 0.3) is 5.56 Å². The van der Waals surface area contributed by atoms with Gasteiger partial charge in [0, 0.05) is 25.9 Å². The molecule has 176 valence electrons. The first-order chi connectivity index (χ1) is 15.8.